The summed E-state index contributed by atoms with van der Waals surface area (Å²) in [5, 5.41) is 0. The summed E-state index contributed by atoms with van der Waals surface area (Å²) in [6.45, 7) is 2.52. The van der Waals surface area contributed by atoms with E-state index < -0.39 is 0 Å². The first-order chi connectivity index (χ1) is 7.65. The van der Waals surface area contributed by atoms with Crippen molar-refractivity contribution >= 4 is 11.8 Å². The van der Waals surface area contributed by atoms with Crippen molar-refractivity contribution in [3.05, 3.63) is 22.7 Å². The normalized spacial score (nSPS) is 9.88. The highest BCUT2D eigenvalue weighted by Crippen LogP contribution is 2.00. The molecular formula is C10H15N3O3. The average Bonchev–Trinajstić information content (AvgIpc) is 2.27. The van der Waals surface area contributed by atoms with Crippen molar-refractivity contribution in [3.63, 3.8) is 0 Å². The summed E-state index contributed by atoms with van der Waals surface area (Å²) >= 11 is 0. The fourth-order valence-electron chi connectivity index (χ4n) is 1.21. The van der Waals surface area contributed by atoms with E-state index in [0.29, 0.717) is 19.0 Å². The molecular weight excluding hydrogens is 210 g/mol. The summed E-state index contributed by atoms with van der Waals surface area (Å²) < 4.78 is 4.79. The molecule has 1 aromatic heterocycles. The molecule has 6 heteroatoms. The number of aromatic amines is 1. The van der Waals surface area contributed by atoms with Crippen LogP contribution in [-0.4, -0.2) is 36.1 Å². The molecule has 1 aromatic rings. The Kier molecular flexibility index (Phi) is 4.50. The number of ether oxygens (including phenoxy) is 1. The summed E-state index contributed by atoms with van der Waals surface area (Å²) in [5.74, 6) is 0.0218. The van der Waals surface area contributed by atoms with Gasteiger partial charge in [0, 0.05) is 26.0 Å². The van der Waals surface area contributed by atoms with Crippen molar-refractivity contribution < 1.29 is 9.53 Å². The predicted molar refractivity (Wildman–Crippen MR) is 59.4 cm³/mol. The quantitative estimate of drug-likeness (QED) is 0.722. The predicted octanol–water partition coefficient (Wildman–Crippen LogP) is 0.159. The SMILES string of the molecule is CCOC(=O)CCN(C)c1ncc[nH]c1=O. The first-order valence-electron chi connectivity index (χ1n) is 5.05. The maximum atomic E-state index is 11.4. The number of carbonyl (C=O) groups is 1. The molecule has 0 atom stereocenters. The van der Waals surface area contributed by atoms with Crippen LogP contribution >= 0.6 is 0 Å². The number of H-pyrrole nitrogens is 1. The van der Waals surface area contributed by atoms with Crippen LogP contribution in [0.3, 0.4) is 0 Å². The number of nitrogens with one attached hydrogen (secondary N) is 1. The molecule has 1 N–H and O–H groups in total. The average molecular weight is 225 g/mol. The number of hydrogen-bond acceptors (Lipinski definition) is 5. The maximum absolute atomic E-state index is 11.4. The Balaban J connectivity index is 2.53. The van der Waals surface area contributed by atoms with Gasteiger partial charge in [-0.25, -0.2) is 4.98 Å². The van der Waals surface area contributed by atoms with Gasteiger partial charge in [-0.3, -0.25) is 9.59 Å². The third kappa shape index (κ3) is 3.38. The minimum Gasteiger partial charge on any atom is -0.466 e. The monoisotopic (exact) mass is 225 g/mol. The standard InChI is InChI=1S/C10H15N3O3/c1-3-16-8(14)4-7-13(2)9-10(15)12-6-5-11-9/h5-6H,3-4,7H2,1-2H3,(H,12,15). The van der Waals surface area contributed by atoms with Gasteiger partial charge in [0.2, 0.25) is 0 Å². The number of esters is 1. The Morgan fingerprint density at radius 2 is 2.38 bits per heavy atom. The summed E-state index contributed by atoms with van der Waals surface area (Å²) in [5.41, 5.74) is -0.270. The van der Waals surface area contributed by atoms with Crippen LogP contribution in [0.2, 0.25) is 0 Å². The number of rotatable bonds is 5. The van der Waals surface area contributed by atoms with E-state index in [2.05, 4.69) is 9.97 Å². The van der Waals surface area contributed by atoms with Crippen molar-refractivity contribution in [2.24, 2.45) is 0 Å². The van der Waals surface area contributed by atoms with E-state index in [9.17, 15) is 9.59 Å². The Labute approximate surface area is 93.3 Å². The summed E-state index contributed by atoms with van der Waals surface area (Å²) in [6, 6.07) is 0. The molecule has 0 spiro atoms. The van der Waals surface area contributed by atoms with Gasteiger partial charge in [0.15, 0.2) is 5.82 Å². The van der Waals surface area contributed by atoms with Crippen LogP contribution < -0.4 is 10.5 Å². The van der Waals surface area contributed by atoms with Crippen LogP contribution in [0.25, 0.3) is 0 Å². The molecule has 0 aliphatic rings. The van der Waals surface area contributed by atoms with Gasteiger partial charge >= 0.3 is 5.97 Å². The van der Waals surface area contributed by atoms with Gasteiger partial charge in [-0.15, -0.1) is 0 Å². The molecule has 0 bridgehead atoms. The van der Waals surface area contributed by atoms with Crippen LogP contribution in [-0.2, 0) is 9.53 Å². The topological polar surface area (TPSA) is 75.3 Å². The first kappa shape index (κ1) is 12.2. The summed E-state index contributed by atoms with van der Waals surface area (Å²) in [4.78, 5) is 30.5. The lowest BCUT2D eigenvalue weighted by molar-refractivity contribution is -0.142. The third-order valence-electron chi connectivity index (χ3n) is 2.01. The van der Waals surface area contributed by atoms with Crippen LogP contribution in [0.4, 0.5) is 5.82 Å². The van der Waals surface area contributed by atoms with E-state index in [0.717, 1.165) is 0 Å². The van der Waals surface area contributed by atoms with Gasteiger partial charge in [-0.1, -0.05) is 0 Å². The smallest absolute Gasteiger partial charge is 0.307 e. The molecule has 16 heavy (non-hydrogen) atoms. The Bertz CT molecular complexity index is 402. The molecule has 0 aliphatic heterocycles. The number of hydrogen-bond donors (Lipinski definition) is 1. The Morgan fingerprint density at radius 3 is 3.00 bits per heavy atom. The molecule has 1 heterocycles. The molecule has 6 nitrogen and oxygen atoms in total. The lowest BCUT2D eigenvalue weighted by Gasteiger charge is -2.15. The number of nitrogens with zero attached hydrogens (tertiary/aromatic N) is 2. The van der Waals surface area contributed by atoms with Crippen molar-refractivity contribution in [2.45, 2.75) is 13.3 Å². The van der Waals surface area contributed by atoms with E-state index in [4.69, 9.17) is 4.74 Å². The third-order valence-corrected chi connectivity index (χ3v) is 2.01. The van der Waals surface area contributed by atoms with Gasteiger partial charge in [0.1, 0.15) is 0 Å². The van der Waals surface area contributed by atoms with Gasteiger partial charge in [0.05, 0.1) is 13.0 Å². The van der Waals surface area contributed by atoms with Crippen molar-refractivity contribution in [1.82, 2.24) is 9.97 Å². The van der Waals surface area contributed by atoms with Gasteiger partial charge in [-0.2, -0.15) is 0 Å². The minimum absolute atomic E-state index is 0.236. The van der Waals surface area contributed by atoms with E-state index >= 15 is 0 Å². The fraction of sp³-hybridized carbons (Fsp3) is 0.500. The molecule has 0 aromatic carbocycles. The molecule has 0 radical (unpaired) electrons. The largest absolute Gasteiger partial charge is 0.466 e. The van der Waals surface area contributed by atoms with Crippen LogP contribution in [0.1, 0.15) is 13.3 Å². The molecule has 0 aliphatic carbocycles. The first-order valence-corrected chi connectivity index (χ1v) is 5.05. The summed E-state index contributed by atoms with van der Waals surface area (Å²) in [7, 11) is 1.71. The molecule has 0 amide bonds. The molecule has 0 fully saturated rings. The van der Waals surface area contributed by atoms with Crippen LogP contribution in [0.5, 0.6) is 0 Å². The second-order valence-corrected chi connectivity index (χ2v) is 3.22. The highest BCUT2D eigenvalue weighted by atomic mass is 16.5. The molecule has 0 unspecified atom stereocenters. The molecule has 0 saturated carbocycles. The van der Waals surface area contributed by atoms with Crippen LogP contribution in [0, 0.1) is 0 Å². The zero-order valence-corrected chi connectivity index (χ0v) is 9.40. The van der Waals surface area contributed by atoms with Gasteiger partial charge in [-0.05, 0) is 6.92 Å². The van der Waals surface area contributed by atoms with Crippen LogP contribution in [0.15, 0.2) is 17.2 Å². The van der Waals surface area contributed by atoms with Crippen molar-refractivity contribution in [1.29, 1.82) is 0 Å². The van der Waals surface area contributed by atoms with Gasteiger partial charge in [0.25, 0.3) is 5.56 Å². The Hall–Kier alpha value is -1.85. The second-order valence-electron chi connectivity index (χ2n) is 3.22. The van der Waals surface area contributed by atoms with E-state index in [-0.39, 0.29) is 17.9 Å². The van der Waals surface area contributed by atoms with E-state index in [1.807, 2.05) is 0 Å². The number of carbonyl (C=O) groups excluding carboxylic acids is 1. The zero-order valence-electron chi connectivity index (χ0n) is 9.40. The lowest BCUT2D eigenvalue weighted by Crippen LogP contribution is -2.28. The highest BCUT2D eigenvalue weighted by Gasteiger charge is 2.09. The second kappa shape index (κ2) is 5.89. The van der Waals surface area contributed by atoms with Gasteiger partial charge < -0.3 is 14.6 Å². The van der Waals surface area contributed by atoms with Crippen molar-refractivity contribution in [2.75, 3.05) is 25.1 Å². The lowest BCUT2D eigenvalue weighted by atomic mass is 10.4. The number of aromatic nitrogens is 2. The highest BCUT2D eigenvalue weighted by molar-refractivity contribution is 5.70. The van der Waals surface area contributed by atoms with E-state index in [1.165, 1.54) is 12.4 Å². The fourth-order valence-corrected chi connectivity index (χ4v) is 1.21. The van der Waals surface area contributed by atoms with E-state index in [1.54, 1.807) is 18.9 Å². The Morgan fingerprint density at radius 1 is 1.62 bits per heavy atom. The molecule has 0 saturated heterocycles. The van der Waals surface area contributed by atoms with Crippen molar-refractivity contribution in [3.8, 4) is 0 Å². The molecule has 1 rings (SSSR count). The number of anilines is 1. The maximum Gasteiger partial charge on any atom is 0.307 e. The summed E-state index contributed by atoms with van der Waals surface area (Å²) in [6.07, 6.45) is 3.20. The minimum atomic E-state index is -0.276. The zero-order chi connectivity index (χ0) is 12.0. The molecule has 88 valence electrons.